The summed E-state index contributed by atoms with van der Waals surface area (Å²) < 4.78 is 0. The van der Waals surface area contributed by atoms with E-state index in [0.29, 0.717) is 5.15 Å². The lowest BCUT2D eigenvalue weighted by Gasteiger charge is -2.02. The van der Waals surface area contributed by atoms with Crippen LogP contribution in [-0.4, -0.2) is 18.3 Å². The van der Waals surface area contributed by atoms with E-state index in [0.717, 1.165) is 5.56 Å². The van der Waals surface area contributed by atoms with Crippen LogP contribution >= 0.6 is 11.6 Å². The molecular weight excluding hydrogens is 188 g/mol. The number of hydrogen-bond acceptors (Lipinski definition) is 1. The molecule has 0 unspecified atom stereocenters. The fraction of sp³-hybridized carbons (Fsp3) is 0.375. The third-order valence-electron chi connectivity index (χ3n) is 1.17. The van der Waals surface area contributed by atoms with E-state index >= 15 is 0 Å². The van der Waals surface area contributed by atoms with E-state index in [1.807, 2.05) is 0 Å². The van der Waals surface area contributed by atoms with Crippen LogP contribution in [-0.2, 0) is 0 Å². The molecule has 0 bridgehead atoms. The van der Waals surface area contributed by atoms with Gasteiger partial charge in [0.25, 0.3) is 0 Å². The van der Waals surface area contributed by atoms with Crippen LogP contribution in [0.1, 0.15) is 5.56 Å². The van der Waals surface area contributed by atoms with Gasteiger partial charge >= 0.3 is 0 Å². The first kappa shape index (κ1) is 9.37. The van der Waals surface area contributed by atoms with Gasteiger partial charge in [0.05, 0.1) is 5.56 Å². The summed E-state index contributed by atoms with van der Waals surface area (Å²) in [6, 6.07) is 0. The number of aromatic amines is 1. The molecule has 0 aliphatic rings. The Morgan fingerprint density at radius 2 is 2.17 bits per heavy atom. The van der Waals surface area contributed by atoms with Gasteiger partial charge in [0.15, 0.2) is 5.15 Å². The minimum Gasteiger partial charge on any atom is -0.283 e. The maximum Gasteiger partial charge on any atom is 0.166 e. The number of nitrogens with one attached hydrogen (secondary N) is 1. The molecule has 0 radical (unpaired) electrons. The second kappa shape index (κ2) is 3.34. The predicted octanol–water partition coefficient (Wildman–Crippen LogP) is 2.29. The summed E-state index contributed by atoms with van der Waals surface area (Å²) in [5, 5.41) is 6.89. The van der Waals surface area contributed by atoms with Gasteiger partial charge in [0, 0.05) is 6.20 Å². The molecule has 0 saturated heterocycles. The van der Waals surface area contributed by atoms with Crippen molar-refractivity contribution < 1.29 is 0 Å². The third-order valence-corrected chi connectivity index (χ3v) is 2.33. The third kappa shape index (κ3) is 2.72. The summed E-state index contributed by atoms with van der Waals surface area (Å²) in [5.74, 6) is 3.02. The molecule has 1 aromatic rings. The number of hydrogen-bond donors (Lipinski definition) is 1. The van der Waals surface area contributed by atoms with Crippen LogP contribution in [0.5, 0.6) is 0 Å². The van der Waals surface area contributed by atoms with Crippen molar-refractivity contribution in [3.63, 3.8) is 0 Å². The van der Waals surface area contributed by atoms with Crippen molar-refractivity contribution in [3.05, 3.63) is 16.9 Å². The number of rotatable bonds is 0. The lowest BCUT2D eigenvalue weighted by atomic mass is 10.4. The van der Waals surface area contributed by atoms with Gasteiger partial charge < -0.3 is 0 Å². The Bertz CT molecular complexity index is 327. The molecule has 0 saturated carbocycles. The van der Waals surface area contributed by atoms with Crippen molar-refractivity contribution >= 4 is 19.7 Å². The highest BCUT2D eigenvalue weighted by atomic mass is 35.5. The lowest BCUT2D eigenvalue weighted by Crippen LogP contribution is -2.16. The summed E-state index contributed by atoms with van der Waals surface area (Å²) in [6.45, 7) is 6.57. The van der Waals surface area contributed by atoms with Crippen LogP contribution in [0.2, 0.25) is 24.8 Å². The normalized spacial score (nSPS) is 10.7. The van der Waals surface area contributed by atoms with Crippen molar-refractivity contribution in [2.24, 2.45) is 0 Å². The summed E-state index contributed by atoms with van der Waals surface area (Å²) in [7, 11) is -1.30. The molecule has 0 aliphatic carbocycles. The average Bonchev–Trinajstić information content (AvgIpc) is 2.29. The van der Waals surface area contributed by atoms with Crippen molar-refractivity contribution in [3.8, 4) is 11.5 Å². The Morgan fingerprint density at radius 3 is 2.58 bits per heavy atom. The highest BCUT2D eigenvalue weighted by molar-refractivity contribution is 6.83. The molecule has 1 aromatic heterocycles. The number of halogens is 1. The highest BCUT2D eigenvalue weighted by Gasteiger charge is 2.08. The van der Waals surface area contributed by atoms with Crippen molar-refractivity contribution in [2.45, 2.75) is 19.6 Å². The standard InChI is InChI=1S/C8H11ClN2Si/c1-12(2,3)5-4-7-6-10-11-8(7)9/h6H,1-3H3,(H,10,11). The molecule has 64 valence electrons. The fourth-order valence-corrected chi connectivity index (χ4v) is 1.28. The second-order valence-electron chi connectivity index (χ2n) is 3.59. The van der Waals surface area contributed by atoms with Crippen LogP contribution in [0.25, 0.3) is 0 Å². The van der Waals surface area contributed by atoms with E-state index in [1.165, 1.54) is 0 Å². The highest BCUT2D eigenvalue weighted by Crippen LogP contribution is 2.09. The van der Waals surface area contributed by atoms with E-state index in [1.54, 1.807) is 6.20 Å². The van der Waals surface area contributed by atoms with Gasteiger partial charge in [-0.1, -0.05) is 37.2 Å². The molecule has 0 fully saturated rings. The molecule has 0 aliphatic heterocycles. The summed E-state index contributed by atoms with van der Waals surface area (Å²) in [5.41, 5.74) is 4.00. The van der Waals surface area contributed by atoms with Gasteiger partial charge in [-0.3, -0.25) is 5.10 Å². The molecular formula is C8H11ClN2Si. The van der Waals surface area contributed by atoms with Crippen LogP contribution in [0.3, 0.4) is 0 Å². The van der Waals surface area contributed by atoms with Crippen LogP contribution in [0.4, 0.5) is 0 Å². The number of nitrogens with zero attached hydrogens (tertiary/aromatic N) is 1. The predicted molar refractivity (Wildman–Crippen MR) is 53.8 cm³/mol. The maximum atomic E-state index is 5.74. The number of H-pyrrole nitrogens is 1. The molecule has 2 nitrogen and oxygen atoms in total. The number of aromatic nitrogens is 2. The summed E-state index contributed by atoms with van der Waals surface area (Å²) >= 11 is 5.74. The molecule has 0 atom stereocenters. The Morgan fingerprint density at radius 1 is 1.50 bits per heavy atom. The zero-order valence-electron chi connectivity index (χ0n) is 7.40. The Labute approximate surface area is 78.3 Å². The molecule has 4 heteroatoms. The smallest absolute Gasteiger partial charge is 0.166 e. The second-order valence-corrected chi connectivity index (χ2v) is 8.70. The topological polar surface area (TPSA) is 28.7 Å². The maximum absolute atomic E-state index is 5.74. The minimum atomic E-state index is -1.30. The van der Waals surface area contributed by atoms with Crippen LogP contribution in [0, 0.1) is 11.5 Å². The van der Waals surface area contributed by atoms with E-state index in [2.05, 4.69) is 41.3 Å². The SMILES string of the molecule is C[Si](C)(C)C#Cc1c[nH]nc1Cl. The molecule has 0 spiro atoms. The molecule has 1 rings (SSSR count). The van der Waals surface area contributed by atoms with Crippen LogP contribution < -0.4 is 0 Å². The first-order valence-electron chi connectivity index (χ1n) is 3.71. The molecule has 0 amide bonds. The van der Waals surface area contributed by atoms with E-state index in [4.69, 9.17) is 11.6 Å². The van der Waals surface area contributed by atoms with E-state index < -0.39 is 8.07 Å². The first-order chi connectivity index (χ1) is 5.49. The quantitative estimate of drug-likeness (QED) is 0.503. The van der Waals surface area contributed by atoms with Crippen molar-refractivity contribution in [1.82, 2.24) is 10.2 Å². The first-order valence-corrected chi connectivity index (χ1v) is 7.59. The Kier molecular flexibility index (Phi) is 2.61. The molecule has 12 heavy (non-hydrogen) atoms. The molecule has 1 N–H and O–H groups in total. The Balaban J connectivity index is 2.87. The van der Waals surface area contributed by atoms with Gasteiger partial charge in [0.1, 0.15) is 8.07 Å². The average molecular weight is 199 g/mol. The molecule has 1 heterocycles. The van der Waals surface area contributed by atoms with Gasteiger partial charge in [0.2, 0.25) is 0 Å². The molecule has 0 aromatic carbocycles. The van der Waals surface area contributed by atoms with Crippen molar-refractivity contribution in [2.75, 3.05) is 0 Å². The zero-order chi connectivity index (χ0) is 9.19. The van der Waals surface area contributed by atoms with E-state index in [-0.39, 0.29) is 0 Å². The van der Waals surface area contributed by atoms with Crippen molar-refractivity contribution in [1.29, 1.82) is 0 Å². The minimum absolute atomic E-state index is 0.459. The van der Waals surface area contributed by atoms with Gasteiger partial charge in [-0.2, -0.15) is 5.10 Å². The lowest BCUT2D eigenvalue weighted by molar-refractivity contribution is 1.09. The fourth-order valence-electron chi connectivity index (χ4n) is 0.616. The zero-order valence-corrected chi connectivity index (χ0v) is 9.16. The van der Waals surface area contributed by atoms with Gasteiger partial charge in [-0.25, -0.2) is 0 Å². The van der Waals surface area contributed by atoms with Crippen LogP contribution in [0.15, 0.2) is 6.20 Å². The van der Waals surface area contributed by atoms with Gasteiger partial charge in [-0.05, 0) is 0 Å². The largest absolute Gasteiger partial charge is 0.283 e. The van der Waals surface area contributed by atoms with E-state index in [9.17, 15) is 0 Å². The van der Waals surface area contributed by atoms with Gasteiger partial charge in [-0.15, -0.1) is 5.54 Å². The monoisotopic (exact) mass is 198 g/mol. The summed E-state index contributed by atoms with van der Waals surface area (Å²) in [4.78, 5) is 0. The Hall–Kier alpha value is -0.723. The summed E-state index contributed by atoms with van der Waals surface area (Å²) in [6.07, 6.45) is 1.72.